The third-order valence-electron chi connectivity index (χ3n) is 0.775. The Hall–Kier alpha value is -0.500. The summed E-state index contributed by atoms with van der Waals surface area (Å²) in [6.45, 7) is 0. The maximum absolute atomic E-state index is 5.32. The van der Waals surface area contributed by atoms with Crippen LogP contribution in [0, 0.1) is 0 Å². The van der Waals surface area contributed by atoms with Crippen LogP contribution in [-0.4, -0.2) is 11.1 Å². The van der Waals surface area contributed by atoms with Crippen LogP contribution in [0.15, 0.2) is 15.2 Å². The third kappa shape index (κ3) is 1.24. The van der Waals surface area contributed by atoms with E-state index < -0.39 is 5.91 Å². The van der Waals surface area contributed by atoms with Gasteiger partial charge in [-0.05, 0) is 0 Å². The molecule has 0 spiro atoms. The predicted molar refractivity (Wildman–Crippen MR) is 35.5 cm³/mol. The molecule has 1 rings (SSSR count). The molecule has 0 radical (unpaired) electrons. The van der Waals surface area contributed by atoms with Crippen LogP contribution >= 0.6 is 12.6 Å². The van der Waals surface area contributed by atoms with Crippen molar-refractivity contribution in [3.8, 4) is 0 Å². The van der Waals surface area contributed by atoms with Crippen molar-refractivity contribution in [3.63, 3.8) is 0 Å². The van der Waals surface area contributed by atoms with Gasteiger partial charge < -0.3 is 0 Å². The van der Waals surface area contributed by atoms with Crippen molar-refractivity contribution in [1.29, 1.82) is 0 Å². The normalized spacial score (nSPS) is 33.0. The van der Waals surface area contributed by atoms with Crippen molar-refractivity contribution >= 4 is 17.8 Å². The highest BCUT2D eigenvalue weighted by molar-refractivity contribution is 7.96. The smallest absolute Gasteiger partial charge is 0.272 e. The van der Waals surface area contributed by atoms with Gasteiger partial charge >= 0.3 is 0 Å². The van der Waals surface area contributed by atoms with E-state index in [2.05, 4.69) is 33.3 Å². The Labute approximate surface area is 56.8 Å². The minimum Gasteiger partial charge on any atom is -0.272 e. The molecular formula is C2H6N6S. The number of thiol groups is 1. The highest BCUT2D eigenvalue weighted by Crippen LogP contribution is 2.10. The lowest BCUT2D eigenvalue weighted by Crippen LogP contribution is -2.52. The summed E-state index contributed by atoms with van der Waals surface area (Å²) in [5.41, 5.74) is 7.47. The number of amidine groups is 1. The van der Waals surface area contributed by atoms with Gasteiger partial charge in [0, 0.05) is 0 Å². The molecule has 0 aromatic rings. The van der Waals surface area contributed by atoms with Crippen molar-refractivity contribution in [1.82, 2.24) is 5.43 Å². The highest BCUT2D eigenvalue weighted by atomic mass is 32.1. The molecule has 0 saturated heterocycles. The van der Waals surface area contributed by atoms with Crippen LogP contribution in [0.2, 0.25) is 0 Å². The summed E-state index contributed by atoms with van der Waals surface area (Å²) in [4.78, 5) is 3.63. The zero-order valence-corrected chi connectivity index (χ0v) is 5.34. The maximum Gasteiger partial charge on any atom is 0.295 e. The molecule has 0 saturated carbocycles. The SMILES string of the molecule is NNC1(N)N=NC(S)=N1. The summed E-state index contributed by atoms with van der Waals surface area (Å²) in [7, 11) is 0. The summed E-state index contributed by atoms with van der Waals surface area (Å²) in [5, 5.41) is 7.10. The summed E-state index contributed by atoms with van der Waals surface area (Å²) in [5.74, 6) is 3.67. The Morgan fingerprint density at radius 2 is 2.33 bits per heavy atom. The molecule has 1 aliphatic heterocycles. The molecule has 7 heteroatoms. The Kier molecular flexibility index (Phi) is 1.49. The number of hydrogen-bond donors (Lipinski definition) is 4. The zero-order chi connectivity index (χ0) is 6.91. The van der Waals surface area contributed by atoms with E-state index in [1.54, 1.807) is 0 Å². The van der Waals surface area contributed by atoms with E-state index in [9.17, 15) is 0 Å². The molecule has 0 aliphatic carbocycles. The molecule has 9 heavy (non-hydrogen) atoms. The van der Waals surface area contributed by atoms with Gasteiger partial charge in [-0.25, -0.2) is 0 Å². The molecule has 50 valence electrons. The van der Waals surface area contributed by atoms with Crippen molar-refractivity contribution < 1.29 is 0 Å². The molecule has 1 aliphatic rings. The molecule has 0 aromatic carbocycles. The van der Waals surface area contributed by atoms with E-state index >= 15 is 0 Å². The Balaban J connectivity index is 2.78. The molecule has 0 amide bonds. The van der Waals surface area contributed by atoms with E-state index in [4.69, 9.17) is 11.6 Å². The maximum atomic E-state index is 5.32. The fraction of sp³-hybridized carbons (Fsp3) is 0.500. The molecule has 1 heterocycles. The minimum absolute atomic E-state index is 0.218. The molecule has 1 unspecified atom stereocenters. The first-order valence-corrected chi connectivity index (χ1v) is 2.59. The van der Waals surface area contributed by atoms with Crippen LogP contribution in [0.25, 0.3) is 0 Å². The van der Waals surface area contributed by atoms with Crippen LogP contribution in [0.3, 0.4) is 0 Å². The zero-order valence-electron chi connectivity index (χ0n) is 4.44. The van der Waals surface area contributed by atoms with E-state index in [0.717, 1.165) is 0 Å². The number of nitrogens with one attached hydrogen (secondary N) is 1. The summed E-state index contributed by atoms with van der Waals surface area (Å²) in [6, 6.07) is 0. The largest absolute Gasteiger partial charge is 0.295 e. The summed E-state index contributed by atoms with van der Waals surface area (Å²) < 4.78 is 0. The number of azo groups is 1. The quantitative estimate of drug-likeness (QED) is 0.161. The number of nitrogens with zero attached hydrogens (tertiary/aromatic N) is 3. The third-order valence-corrected chi connectivity index (χ3v) is 0.964. The monoisotopic (exact) mass is 146 g/mol. The Bertz CT molecular complexity index is 174. The first-order valence-electron chi connectivity index (χ1n) is 2.15. The standard InChI is InChI=1S/C2H6N6S/c3-2(7-4)5-1(9)6-8-2/h7H,3-4H2,(H,5,9). The molecule has 0 aromatic heterocycles. The van der Waals surface area contributed by atoms with E-state index in [1.807, 2.05) is 0 Å². The molecular weight excluding hydrogens is 140 g/mol. The van der Waals surface area contributed by atoms with Crippen LogP contribution in [0.4, 0.5) is 0 Å². The second-order valence-electron chi connectivity index (χ2n) is 1.48. The number of nitrogens with two attached hydrogens (primary N) is 2. The van der Waals surface area contributed by atoms with Gasteiger partial charge in [0.15, 0.2) is 0 Å². The van der Waals surface area contributed by atoms with Crippen molar-refractivity contribution in [2.45, 2.75) is 5.91 Å². The highest BCUT2D eigenvalue weighted by Gasteiger charge is 2.25. The molecule has 5 N–H and O–H groups in total. The number of hydrazine groups is 1. The van der Waals surface area contributed by atoms with Crippen molar-refractivity contribution in [2.24, 2.45) is 26.8 Å². The predicted octanol–water partition coefficient (Wildman–Crippen LogP) is -1.23. The van der Waals surface area contributed by atoms with Gasteiger partial charge in [-0.3, -0.25) is 11.6 Å². The van der Waals surface area contributed by atoms with Crippen LogP contribution in [-0.2, 0) is 0 Å². The van der Waals surface area contributed by atoms with Crippen molar-refractivity contribution in [2.75, 3.05) is 0 Å². The fourth-order valence-corrected chi connectivity index (χ4v) is 0.576. The van der Waals surface area contributed by atoms with Gasteiger partial charge in [-0.2, -0.15) is 10.4 Å². The van der Waals surface area contributed by atoms with Gasteiger partial charge in [0.05, 0.1) is 0 Å². The molecule has 1 atom stereocenters. The van der Waals surface area contributed by atoms with Gasteiger partial charge in [-0.1, -0.05) is 0 Å². The fourth-order valence-electron chi connectivity index (χ4n) is 0.379. The molecule has 6 nitrogen and oxygen atoms in total. The molecule has 0 fully saturated rings. The Morgan fingerprint density at radius 3 is 2.56 bits per heavy atom. The van der Waals surface area contributed by atoms with Gasteiger partial charge in [-0.15, -0.1) is 22.9 Å². The van der Waals surface area contributed by atoms with E-state index in [0.29, 0.717) is 0 Å². The summed E-state index contributed by atoms with van der Waals surface area (Å²) >= 11 is 3.77. The van der Waals surface area contributed by atoms with Crippen LogP contribution < -0.4 is 17.0 Å². The second kappa shape index (κ2) is 2.03. The van der Waals surface area contributed by atoms with E-state index in [-0.39, 0.29) is 5.17 Å². The van der Waals surface area contributed by atoms with E-state index in [1.165, 1.54) is 0 Å². The number of rotatable bonds is 1. The second-order valence-corrected chi connectivity index (χ2v) is 1.88. The first-order chi connectivity index (χ1) is 4.16. The topological polar surface area (TPSA) is 101 Å². The number of hydrogen-bond acceptors (Lipinski definition) is 6. The lowest BCUT2D eigenvalue weighted by molar-refractivity contribution is 0.373. The van der Waals surface area contributed by atoms with Crippen molar-refractivity contribution in [3.05, 3.63) is 0 Å². The number of aliphatic imine (C=N–C) groups is 1. The summed E-state index contributed by atoms with van der Waals surface area (Å²) in [6.07, 6.45) is 0. The first kappa shape index (κ1) is 6.62. The average molecular weight is 146 g/mol. The minimum atomic E-state index is -1.29. The van der Waals surface area contributed by atoms with Gasteiger partial charge in [0.25, 0.3) is 5.91 Å². The lowest BCUT2D eigenvalue weighted by atomic mass is 10.7. The Morgan fingerprint density at radius 1 is 1.67 bits per heavy atom. The van der Waals surface area contributed by atoms with Gasteiger partial charge in [0.1, 0.15) is 0 Å². The average Bonchev–Trinajstić information content (AvgIpc) is 2.13. The molecule has 0 bridgehead atoms. The van der Waals surface area contributed by atoms with Crippen LogP contribution in [0.1, 0.15) is 0 Å². The van der Waals surface area contributed by atoms with Gasteiger partial charge in [0.2, 0.25) is 5.17 Å². The lowest BCUT2D eigenvalue weighted by Gasteiger charge is -2.11. The van der Waals surface area contributed by atoms with Crippen LogP contribution in [0.5, 0.6) is 0 Å².